The van der Waals surface area contributed by atoms with Gasteiger partial charge in [0.25, 0.3) is 0 Å². The molecule has 0 atom stereocenters. The van der Waals surface area contributed by atoms with Gasteiger partial charge in [0.15, 0.2) is 0 Å². The van der Waals surface area contributed by atoms with Gasteiger partial charge in [-0.05, 0) is 42.0 Å². The van der Waals surface area contributed by atoms with Gasteiger partial charge in [0.2, 0.25) is 0 Å². The number of aromatic amines is 1. The van der Waals surface area contributed by atoms with Gasteiger partial charge >= 0.3 is 0 Å². The normalized spacial score (nSPS) is 11.1. The van der Waals surface area contributed by atoms with E-state index in [9.17, 15) is 5.11 Å². The SMILES string of the molecule is COc1cc2ncnc(Nc3ccc4[nH]ccc4c3)c2cc1-c1cncc(CO)c1. The van der Waals surface area contributed by atoms with Crippen molar-refractivity contribution in [3.63, 3.8) is 0 Å². The third kappa shape index (κ3) is 3.21. The largest absolute Gasteiger partial charge is 0.496 e. The summed E-state index contributed by atoms with van der Waals surface area (Å²) in [4.78, 5) is 16.3. The Labute approximate surface area is 172 Å². The van der Waals surface area contributed by atoms with Crippen LogP contribution in [0.15, 0.2) is 67.4 Å². The topological polar surface area (TPSA) is 96.0 Å². The molecule has 0 aliphatic heterocycles. The number of aliphatic hydroxyl groups excluding tert-OH is 1. The highest BCUT2D eigenvalue weighted by Gasteiger charge is 2.13. The van der Waals surface area contributed by atoms with Gasteiger partial charge in [0.05, 0.1) is 19.2 Å². The van der Waals surface area contributed by atoms with E-state index < -0.39 is 0 Å². The van der Waals surface area contributed by atoms with Crippen LogP contribution in [0.2, 0.25) is 0 Å². The van der Waals surface area contributed by atoms with Gasteiger partial charge in [0.1, 0.15) is 17.9 Å². The van der Waals surface area contributed by atoms with E-state index in [0.717, 1.165) is 44.2 Å². The van der Waals surface area contributed by atoms with Gasteiger partial charge in [0, 0.05) is 57.8 Å². The fraction of sp³-hybridized carbons (Fsp3) is 0.0870. The summed E-state index contributed by atoms with van der Waals surface area (Å²) in [6, 6.07) is 13.9. The molecule has 0 spiro atoms. The van der Waals surface area contributed by atoms with Crippen molar-refractivity contribution in [2.75, 3.05) is 12.4 Å². The summed E-state index contributed by atoms with van der Waals surface area (Å²) >= 11 is 0. The minimum Gasteiger partial charge on any atom is -0.496 e. The Morgan fingerprint density at radius 3 is 2.87 bits per heavy atom. The number of fused-ring (bicyclic) bond motifs is 2. The molecule has 3 N–H and O–H groups in total. The summed E-state index contributed by atoms with van der Waals surface area (Å²) in [6.07, 6.45) is 6.85. The van der Waals surface area contributed by atoms with Crippen molar-refractivity contribution in [2.45, 2.75) is 6.61 Å². The number of aliphatic hydroxyl groups is 1. The Morgan fingerprint density at radius 1 is 1.07 bits per heavy atom. The molecule has 0 saturated heterocycles. The quantitative estimate of drug-likeness (QED) is 0.406. The van der Waals surface area contributed by atoms with E-state index in [1.807, 2.05) is 42.6 Å². The Kier molecular flexibility index (Phi) is 4.49. The Balaban J connectivity index is 1.63. The van der Waals surface area contributed by atoms with Crippen LogP contribution in [0, 0.1) is 0 Å². The van der Waals surface area contributed by atoms with Crippen LogP contribution in [0.5, 0.6) is 5.75 Å². The average molecular weight is 397 g/mol. The maximum Gasteiger partial charge on any atom is 0.141 e. The number of nitrogens with one attached hydrogen (secondary N) is 2. The van der Waals surface area contributed by atoms with Crippen LogP contribution in [-0.2, 0) is 6.61 Å². The smallest absolute Gasteiger partial charge is 0.141 e. The third-order valence-electron chi connectivity index (χ3n) is 5.06. The number of benzene rings is 2. The molecule has 148 valence electrons. The van der Waals surface area contributed by atoms with E-state index in [0.29, 0.717) is 11.6 Å². The van der Waals surface area contributed by atoms with Gasteiger partial charge in [-0.15, -0.1) is 0 Å². The van der Waals surface area contributed by atoms with Crippen molar-refractivity contribution in [3.05, 3.63) is 72.9 Å². The molecule has 7 nitrogen and oxygen atoms in total. The Hall–Kier alpha value is -3.97. The van der Waals surface area contributed by atoms with Crippen molar-refractivity contribution in [3.8, 4) is 16.9 Å². The molecule has 0 amide bonds. The molecule has 5 aromatic rings. The minimum absolute atomic E-state index is 0.0751. The molecule has 7 heteroatoms. The van der Waals surface area contributed by atoms with E-state index in [4.69, 9.17) is 4.74 Å². The lowest BCUT2D eigenvalue weighted by atomic mass is 10.0. The summed E-state index contributed by atoms with van der Waals surface area (Å²) < 4.78 is 5.60. The van der Waals surface area contributed by atoms with Crippen molar-refractivity contribution in [2.24, 2.45) is 0 Å². The lowest BCUT2D eigenvalue weighted by molar-refractivity contribution is 0.281. The molecule has 3 aromatic heterocycles. The predicted molar refractivity (Wildman–Crippen MR) is 117 cm³/mol. The summed E-state index contributed by atoms with van der Waals surface area (Å²) in [6.45, 7) is -0.0751. The van der Waals surface area contributed by atoms with Crippen LogP contribution < -0.4 is 10.1 Å². The fourth-order valence-electron chi connectivity index (χ4n) is 3.57. The molecular formula is C23H19N5O2. The molecule has 5 rings (SSSR count). The van der Waals surface area contributed by atoms with Crippen LogP contribution in [0.3, 0.4) is 0 Å². The first-order chi connectivity index (χ1) is 14.7. The lowest BCUT2D eigenvalue weighted by Gasteiger charge is -2.13. The van der Waals surface area contributed by atoms with Gasteiger partial charge < -0.3 is 20.1 Å². The zero-order valence-corrected chi connectivity index (χ0v) is 16.3. The van der Waals surface area contributed by atoms with Crippen LogP contribution in [0.4, 0.5) is 11.5 Å². The van der Waals surface area contributed by atoms with Gasteiger partial charge in [-0.3, -0.25) is 4.98 Å². The first-order valence-corrected chi connectivity index (χ1v) is 9.47. The predicted octanol–water partition coefficient (Wildman–Crippen LogP) is 4.42. The molecule has 0 aliphatic carbocycles. The molecule has 3 heterocycles. The van der Waals surface area contributed by atoms with E-state index in [-0.39, 0.29) is 6.61 Å². The number of aromatic nitrogens is 4. The third-order valence-corrected chi connectivity index (χ3v) is 5.06. The maximum atomic E-state index is 9.47. The second-order valence-corrected chi connectivity index (χ2v) is 6.94. The monoisotopic (exact) mass is 397 g/mol. The molecule has 0 bridgehead atoms. The van der Waals surface area contributed by atoms with Gasteiger partial charge in [-0.1, -0.05) is 0 Å². The van der Waals surface area contributed by atoms with Crippen LogP contribution >= 0.6 is 0 Å². The van der Waals surface area contributed by atoms with Crippen LogP contribution in [-0.4, -0.2) is 32.2 Å². The standard InChI is InChI=1S/C23H19N5O2/c1-30-22-9-21-19(8-18(22)16-6-14(12-29)10-24-11-16)23(27-13-26-21)28-17-2-3-20-15(7-17)4-5-25-20/h2-11,13,25,29H,12H2,1H3,(H,26,27,28). The van der Waals surface area contributed by atoms with Crippen LogP contribution in [0.1, 0.15) is 5.56 Å². The highest BCUT2D eigenvalue weighted by Crippen LogP contribution is 2.36. The van der Waals surface area contributed by atoms with E-state index in [2.05, 4.69) is 31.3 Å². The number of H-pyrrole nitrogens is 1. The zero-order valence-electron chi connectivity index (χ0n) is 16.3. The maximum absolute atomic E-state index is 9.47. The Bertz CT molecular complexity index is 1360. The summed E-state index contributed by atoms with van der Waals surface area (Å²) in [5.41, 5.74) is 5.22. The van der Waals surface area contributed by atoms with E-state index >= 15 is 0 Å². The van der Waals surface area contributed by atoms with E-state index in [1.54, 1.807) is 19.5 Å². The summed E-state index contributed by atoms with van der Waals surface area (Å²) in [5.74, 6) is 1.38. The average Bonchev–Trinajstić information content (AvgIpc) is 3.26. The summed E-state index contributed by atoms with van der Waals surface area (Å²) in [5, 5.41) is 14.9. The molecule has 30 heavy (non-hydrogen) atoms. The molecule has 0 unspecified atom stereocenters. The summed E-state index contributed by atoms with van der Waals surface area (Å²) in [7, 11) is 1.63. The van der Waals surface area contributed by atoms with Crippen molar-refractivity contribution < 1.29 is 9.84 Å². The molecule has 0 radical (unpaired) electrons. The number of ether oxygens (including phenoxy) is 1. The second-order valence-electron chi connectivity index (χ2n) is 6.94. The minimum atomic E-state index is -0.0751. The Morgan fingerprint density at radius 2 is 2.00 bits per heavy atom. The molecule has 0 fully saturated rings. The van der Waals surface area contributed by atoms with Gasteiger partial charge in [-0.2, -0.15) is 0 Å². The second kappa shape index (κ2) is 7.46. The van der Waals surface area contributed by atoms with Gasteiger partial charge in [-0.25, -0.2) is 9.97 Å². The number of hydrogen-bond acceptors (Lipinski definition) is 6. The highest BCUT2D eigenvalue weighted by molar-refractivity contribution is 5.96. The number of anilines is 2. The number of nitrogens with zero attached hydrogens (tertiary/aromatic N) is 3. The molecule has 0 aliphatic rings. The fourth-order valence-corrected chi connectivity index (χ4v) is 3.57. The van der Waals surface area contributed by atoms with Crippen LogP contribution in [0.25, 0.3) is 32.9 Å². The number of methoxy groups -OCH3 is 1. The first kappa shape index (κ1) is 18.1. The number of pyridine rings is 1. The molecular weight excluding hydrogens is 378 g/mol. The number of rotatable bonds is 5. The molecule has 2 aromatic carbocycles. The molecule has 0 saturated carbocycles. The van der Waals surface area contributed by atoms with Crippen molar-refractivity contribution >= 4 is 33.3 Å². The van der Waals surface area contributed by atoms with Crippen molar-refractivity contribution in [1.29, 1.82) is 0 Å². The number of hydrogen-bond donors (Lipinski definition) is 3. The lowest BCUT2D eigenvalue weighted by Crippen LogP contribution is -1.98. The van der Waals surface area contributed by atoms with E-state index in [1.165, 1.54) is 6.33 Å². The highest BCUT2D eigenvalue weighted by atomic mass is 16.5. The first-order valence-electron chi connectivity index (χ1n) is 9.47. The van der Waals surface area contributed by atoms with Crippen molar-refractivity contribution in [1.82, 2.24) is 19.9 Å². The zero-order chi connectivity index (χ0) is 20.5.